The molecule has 1 saturated heterocycles. The number of pyridine rings is 2. The van der Waals surface area contributed by atoms with Gasteiger partial charge in [-0.2, -0.15) is 5.10 Å². The van der Waals surface area contributed by atoms with Crippen LogP contribution in [-0.2, 0) is 0 Å². The predicted octanol–water partition coefficient (Wildman–Crippen LogP) is 5.65. The maximum Gasteiger partial charge on any atom is 0.181 e. The molecule has 0 radical (unpaired) electrons. The normalized spacial score (nSPS) is 18.0. The Labute approximate surface area is 160 Å². The zero-order valence-electron chi connectivity index (χ0n) is 15.2. The lowest BCUT2D eigenvalue weighted by Gasteiger charge is -2.34. The van der Waals surface area contributed by atoms with Crippen LogP contribution < -0.4 is 4.90 Å². The molecule has 6 heteroatoms. The highest BCUT2D eigenvalue weighted by Crippen LogP contribution is 2.30. The summed E-state index contributed by atoms with van der Waals surface area (Å²) < 4.78 is 14.5. The summed E-state index contributed by atoms with van der Waals surface area (Å²) in [6.07, 6.45) is 5.32. The lowest BCUT2D eigenvalue weighted by Crippen LogP contribution is -2.36. The van der Waals surface area contributed by atoms with E-state index in [1.54, 1.807) is 12.3 Å². The molecule has 0 aromatic carbocycles. The molecule has 3 aromatic rings. The van der Waals surface area contributed by atoms with E-state index in [-0.39, 0.29) is 13.0 Å². The molecule has 146 valence electrons. The molecule has 0 aliphatic carbocycles. The average molecular weight is 364 g/mol. The largest absolute Gasteiger partial charge is 0.356 e. The van der Waals surface area contributed by atoms with E-state index in [1.807, 2.05) is 12.1 Å². The molecule has 0 amide bonds. The minimum absolute atomic E-state index is 0. The Kier molecular flexibility index (Phi) is 4.57. The molecule has 4 rings (SSSR count). The lowest BCUT2D eigenvalue weighted by molar-refractivity contribution is 0.346. The van der Waals surface area contributed by atoms with Crippen LogP contribution in [0.3, 0.4) is 0 Å². The maximum absolute atomic E-state index is 14.5. The van der Waals surface area contributed by atoms with Gasteiger partial charge in [0.2, 0.25) is 0 Å². The van der Waals surface area contributed by atoms with E-state index in [4.69, 9.17) is 0 Å². The second-order valence-corrected chi connectivity index (χ2v) is 7.56. The van der Waals surface area contributed by atoms with Crippen molar-refractivity contribution in [2.24, 2.45) is 11.8 Å². The summed E-state index contributed by atoms with van der Waals surface area (Å²) >= 11 is 0. The van der Waals surface area contributed by atoms with Crippen LogP contribution >= 0.6 is 0 Å². The average Bonchev–Trinajstić information content (AvgIpc) is 3.06. The number of aromatic nitrogens is 4. The highest BCUT2D eigenvalue weighted by atomic mass is 19.1. The van der Waals surface area contributed by atoms with Crippen molar-refractivity contribution in [1.82, 2.24) is 20.2 Å². The Balaban J connectivity index is 0. The second-order valence-electron chi connectivity index (χ2n) is 7.56. The third-order valence-electron chi connectivity index (χ3n) is 5.05. The van der Waals surface area contributed by atoms with Crippen molar-refractivity contribution in [2.45, 2.75) is 33.1 Å². The van der Waals surface area contributed by atoms with E-state index >= 15 is 0 Å². The quantitative estimate of drug-likeness (QED) is 0.650. The maximum atomic E-state index is 14.5. The van der Waals surface area contributed by atoms with Crippen LogP contribution in [0.25, 0.3) is 22.4 Å². The number of nitrogens with zero attached hydrogens (tertiary/aromatic N) is 4. The van der Waals surface area contributed by atoms with E-state index in [0.29, 0.717) is 28.9 Å². The fourth-order valence-electron chi connectivity index (χ4n) is 3.95. The molecule has 1 N–H and O–H groups in total. The standard InChI is InChI=1S/C20H24FN5.5H2/c1-13(2)11-14-5-4-10-26(12-14)17-8-7-16(21)19(23-17)18-15-6-3-9-22-20(15)25-24-18;;;;;/h3,6-9,13-14H,4-5,10-12H2,1-2H3,(H,22,24,25);5*1H/t14-;;;;;/m1...../s1. The van der Waals surface area contributed by atoms with Crippen LogP contribution in [0.2, 0.25) is 0 Å². The van der Waals surface area contributed by atoms with Crippen molar-refractivity contribution >= 4 is 16.9 Å². The topological polar surface area (TPSA) is 57.7 Å². The molecule has 1 fully saturated rings. The van der Waals surface area contributed by atoms with Crippen LogP contribution in [0.15, 0.2) is 30.5 Å². The van der Waals surface area contributed by atoms with Gasteiger partial charge in [0.25, 0.3) is 0 Å². The summed E-state index contributed by atoms with van der Waals surface area (Å²) in [5.41, 5.74) is 1.47. The minimum Gasteiger partial charge on any atom is -0.356 e. The fourth-order valence-corrected chi connectivity index (χ4v) is 3.95. The Hall–Kier alpha value is -2.50. The predicted molar refractivity (Wildman–Crippen MR) is 112 cm³/mol. The summed E-state index contributed by atoms with van der Waals surface area (Å²) in [7, 11) is 0. The van der Waals surface area contributed by atoms with E-state index in [1.165, 1.54) is 18.9 Å². The van der Waals surface area contributed by atoms with Gasteiger partial charge in [-0.3, -0.25) is 5.10 Å². The molecule has 5 nitrogen and oxygen atoms in total. The minimum atomic E-state index is -0.348. The highest BCUT2D eigenvalue weighted by Gasteiger charge is 2.23. The van der Waals surface area contributed by atoms with Crippen molar-refractivity contribution in [3.63, 3.8) is 0 Å². The van der Waals surface area contributed by atoms with Crippen LogP contribution in [-0.4, -0.2) is 33.3 Å². The van der Waals surface area contributed by atoms with Crippen LogP contribution in [0.4, 0.5) is 10.2 Å². The summed E-state index contributed by atoms with van der Waals surface area (Å²) in [4.78, 5) is 11.1. The van der Waals surface area contributed by atoms with Gasteiger partial charge in [0.15, 0.2) is 11.5 Å². The molecule has 1 aliphatic rings. The molecule has 0 saturated carbocycles. The first-order chi connectivity index (χ1) is 12.6. The molecule has 4 heterocycles. The number of hydrogen-bond donors (Lipinski definition) is 1. The first-order valence-corrected chi connectivity index (χ1v) is 9.32. The highest BCUT2D eigenvalue weighted by molar-refractivity contribution is 5.89. The number of rotatable bonds is 4. The SMILES string of the molecule is CC(C)C[C@H]1CCCN(c2ccc(F)c(-c3[nH]nc4ncccc34)n2)C1.[HH].[HH].[HH].[HH].[HH]. The van der Waals surface area contributed by atoms with Gasteiger partial charge in [-0.05, 0) is 55.4 Å². The van der Waals surface area contributed by atoms with E-state index in [9.17, 15) is 4.39 Å². The first kappa shape index (κ1) is 16.9. The number of aromatic amines is 1. The van der Waals surface area contributed by atoms with Gasteiger partial charge in [0.05, 0.1) is 5.69 Å². The van der Waals surface area contributed by atoms with Crippen LogP contribution in [0.5, 0.6) is 0 Å². The van der Waals surface area contributed by atoms with E-state index < -0.39 is 0 Å². The third kappa shape index (κ3) is 3.28. The number of piperidine rings is 1. The van der Waals surface area contributed by atoms with Crippen molar-refractivity contribution < 1.29 is 11.5 Å². The van der Waals surface area contributed by atoms with Crippen molar-refractivity contribution in [3.8, 4) is 11.4 Å². The van der Waals surface area contributed by atoms with Crippen LogP contribution in [0, 0.1) is 17.7 Å². The number of H-pyrrole nitrogens is 1. The van der Waals surface area contributed by atoms with Gasteiger partial charge in [-0.1, -0.05) is 13.8 Å². The van der Waals surface area contributed by atoms with E-state index in [2.05, 4.69) is 38.9 Å². The molecule has 1 atom stereocenters. The monoisotopic (exact) mass is 363 g/mol. The first-order valence-electron chi connectivity index (χ1n) is 9.32. The number of hydrogen-bond acceptors (Lipinski definition) is 4. The molecular weight excluding hydrogens is 329 g/mol. The zero-order chi connectivity index (χ0) is 18.1. The van der Waals surface area contributed by atoms with Crippen molar-refractivity contribution in [2.75, 3.05) is 18.0 Å². The van der Waals surface area contributed by atoms with E-state index in [0.717, 1.165) is 30.7 Å². The van der Waals surface area contributed by atoms with Gasteiger partial charge < -0.3 is 4.90 Å². The molecule has 1 aliphatic heterocycles. The molecule has 3 aromatic heterocycles. The summed E-state index contributed by atoms with van der Waals surface area (Å²) in [5, 5.41) is 7.85. The molecule has 0 spiro atoms. The Morgan fingerprint density at radius 2 is 2.23 bits per heavy atom. The molecule has 0 unspecified atom stereocenters. The lowest BCUT2D eigenvalue weighted by atomic mass is 9.90. The van der Waals surface area contributed by atoms with Gasteiger partial charge in [-0.15, -0.1) is 0 Å². The van der Waals surface area contributed by atoms with Gasteiger partial charge in [0.1, 0.15) is 11.5 Å². The Morgan fingerprint density at radius 3 is 3.08 bits per heavy atom. The molecule has 0 bridgehead atoms. The fraction of sp³-hybridized carbons (Fsp3) is 0.450. The summed E-state index contributed by atoms with van der Waals surface area (Å²) in [5.74, 6) is 1.86. The molecule has 26 heavy (non-hydrogen) atoms. The number of halogens is 1. The van der Waals surface area contributed by atoms with Gasteiger partial charge in [-0.25, -0.2) is 14.4 Å². The third-order valence-corrected chi connectivity index (χ3v) is 5.05. The van der Waals surface area contributed by atoms with Crippen molar-refractivity contribution in [1.29, 1.82) is 0 Å². The summed E-state index contributed by atoms with van der Waals surface area (Å²) in [6.45, 7) is 6.49. The Bertz CT molecular complexity index is 924. The smallest absolute Gasteiger partial charge is 0.181 e. The van der Waals surface area contributed by atoms with Gasteiger partial charge >= 0.3 is 0 Å². The molecular formula is C20H34FN5. The second kappa shape index (κ2) is 7.02. The number of anilines is 1. The van der Waals surface area contributed by atoms with Gasteiger partial charge in [0, 0.05) is 31.8 Å². The van der Waals surface area contributed by atoms with Crippen LogP contribution in [0.1, 0.15) is 40.2 Å². The Morgan fingerprint density at radius 1 is 1.35 bits per heavy atom. The number of nitrogens with one attached hydrogen (secondary N) is 1. The zero-order valence-corrected chi connectivity index (χ0v) is 15.2. The summed E-state index contributed by atoms with van der Waals surface area (Å²) in [6, 6.07) is 7.00. The van der Waals surface area contributed by atoms with Crippen molar-refractivity contribution in [3.05, 3.63) is 36.3 Å². The number of fused-ring (bicyclic) bond motifs is 1.